The van der Waals surface area contributed by atoms with Crippen LogP contribution in [0.1, 0.15) is 12.5 Å². The Morgan fingerprint density at radius 1 is 1.12 bits per heavy atom. The summed E-state index contributed by atoms with van der Waals surface area (Å²) in [6, 6.07) is 5.43. The van der Waals surface area contributed by atoms with E-state index in [1.807, 2.05) is 19.1 Å². The van der Waals surface area contributed by atoms with Gasteiger partial charge in [0.2, 0.25) is 0 Å². The molecule has 0 radical (unpaired) electrons. The molecule has 0 saturated carbocycles. The third kappa shape index (κ3) is 5.84. The van der Waals surface area contributed by atoms with Crippen LogP contribution in [-0.4, -0.2) is 56.2 Å². The van der Waals surface area contributed by atoms with Crippen LogP contribution in [0.5, 0.6) is 5.75 Å². The van der Waals surface area contributed by atoms with Crippen LogP contribution in [0.2, 0.25) is 0 Å². The highest BCUT2D eigenvalue weighted by Gasteiger charge is 2.27. The lowest BCUT2D eigenvalue weighted by atomic mass is 10.2. The Kier molecular flexibility index (Phi) is 7.70. The fourth-order valence-electron chi connectivity index (χ4n) is 1.85. The summed E-state index contributed by atoms with van der Waals surface area (Å²) in [7, 11) is 2.40. The van der Waals surface area contributed by atoms with Gasteiger partial charge in [0, 0.05) is 0 Å². The number of amides is 1. The molecule has 0 aliphatic heterocycles. The normalized spacial score (nSPS) is 11.4. The Hall–Kier alpha value is -2.09. The molecule has 8 heteroatoms. The van der Waals surface area contributed by atoms with Crippen molar-refractivity contribution in [2.24, 2.45) is 0 Å². The van der Waals surface area contributed by atoms with E-state index in [1.165, 1.54) is 21.1 Å². The van der Waals surface area contributed by atoms with E-state index >= 15 is 0 Å². The second-order valence-electron chi connectivity index (χ2n) is 5.04. The summed E-state index contributed by atoms with van der Waals surface area (Å²) in [5.41, 5.74) is 1.03. The minimum absolute atomic E-state index is 0.368. The minimum Gasteiger partial charge on any atom is -0.480 e. The third-order valence-corrected chi connectivity index (χ3v) is 3.77. The van der Waals surface area contributed by atoms with Gasteiger partial charge in [-0.05, 0) is 47.5 Å². The number of nitrogens with zero attached hydrogens (tertiary/aromatic N) is 1. The number of benzene rings is 1. The molecule has 0 aromatic heterocycles. The van der Waals surface area contributed by atoms with Gasteiger partial charge in [-0.25, -0.2) is 0 Å². The molecule has 0 bridgehead atoms. The molecule has 0 saturated heterocycles. The van der Waals surface area contributed by atoms with Crippen molar-refractivity contribution in [3.05, 3.63) is 28.2 Å². The topological polar surface area (TPSA) is 82.1 Å². The quantitative estimate of drug-likeness (QED) is 0.646. The largest absolute Gasteiger partial charge is 0.480 e. The number of esters is 2. The van der Waals surface area contributed by atoms with Crippen LogP contribution in [0.3, 0.4) is 0 Å². The van der Waals surface area contributed by atoms with Gasteiger partial charge in [0.15, 0.2) is 6.10 Å². The molecule has 1 amide bonds. The minimum atomic E-state index is -0.904. The fraction of sp³-hybridized carbons (Fsp3) is 0.438. The summed E-state index contributed by atoms with van der Waals surface area (Å²) in [6.45, 7) is 2.73. The van der Waals surface area contributed by atoms with E-state index in [-0.39, 0.29) is 13.1 Å². The number of hydrogen-bond acceptors (Lipinski definition) is 6. The van der Waals surface area contributed by atoms with E-state index in [1.54, 1.807) is 6.07 Å². The van der Waals surface area contributed by atoms with Crippen LogP contribution in [0, 0.1) is 6.92 Å². The van der Waals surface area contributed by atoms with E-state index in [9.17, 15) is 14.4 Å². The van der Waals surface area contributed by atoms with Crippen molar-refractivity contribution in [1.82, 2.24) is 4.90 Å². The molecule has 1 aromatic rings. The van der Waals surface area contributed by atoms with Crippen LogP contribution in [-0.2, 0) is 23.9 Å². The number of hydrogen-bond donors (Lipinski definition) is 0. The van der Waals surface area contributed by atoms with Gasteiger partial charge >= 0.3 is 11.9 Å². The highest BCUT2D eigenvalue weighted by Crippen LogP contribution is 2.26. The maximum atomic E-state index is 12.5. The summed E-state index contributed by atoms with van der Waals surface area (Å²) in [4.78, 5) is 36.4. The van der Waals surface area contributed by atoms with Crippen molar-refractivity contribution < 1.29 is 28.6 Å². The van der Waals surface area contributed by atoms with Crippen LogP contribution in [0.25, 0.3) is 0 Å². The Balaban J connectivity index is 2.86. The Labute approximate surface area is 149 Å². The summed E-state index contributed by atoms with van der Waals surface area (Å²) < 4.78 is 15.4. The summed E-state index contributed by atoms with van der Waals surface area (Å²) in [5.74, 6) is -1.33. The fourth-order valence-corrected chi connectivity index (χ4v) is 2.44. The Morgan fingerprint density at radius 2 is 1.67 bits per heavy atom. The van der Waals surface area contributed by atoms with Gasteiger partial charge in [0.1, 0.15) is 18.8 Å². The zero-order chi connectivity index (χ0) is 18.3. The molecule has 0 N–H and O–H groups in total. The molecule has 0 spiro atoms. The maximum Gasteiger partial charge on any atom is 0.325 e. The molecular formula is C16H20BrNO6. The number of rotatable bonds is 7. The molecule has 0 aliphatic rings. The first-order chi connectivity index (χ1) is 11.3. The lowest BCUT2D eigenvalue weighted by Crippen LogP contribution is -2.46. The first-order valence-corrected chi connectivity index (χ1v) is 7.93. The van der Waals surface area contributed by atoms with Crippen LogP contribution in [0.15, 0.2) is 22.7 Å². The molecule has 1 rings (SSSR count). The Bertz CT molecular complexity index is 601. The monoisotopic (exact) mass is 401 g/mol. The molecular weight excluding hydrogens is 382 g/mol. The number of halogens is 1. The zero-order valence-electron chi connectivity index (χ0n) is 14.0. The van der Waals surface area contributed by atoms with Crippen LogP contribution < -0.4 is 4.74 Å². The van der Waals surface area contributed by atoms with Gasteiger partial charge in [-0.3, -0.25) is 14.4 Å². The highest BCUT2D eigenvalue weighted by molar-refractivity contribution is 9.10. The lowest BCUT2D eigenvalue weighted by molar-refractivity contribution is -0.154. The number of ether oxygens (including phenoxy) is 3. The number of carbonyl (C=O) groups excluding carboxylic acids is 3. The standard InChI is InChI=1S/C16H20BrNO6/c1-10-5-6-13(12(17)7-10)24-11(2)16(21)18(8-14(19)22-3)9-15(20)23-4/h5-7,11H,8-9H2,1-4H3. The smallest absolute Gasteiger partial charge is 0.325 e. The second kappa shape index (κ2) is 9.27. The SMILES string of the molecule is COC(=O)CN(CC(=O)OC)C(=O)C(C)Oc1ccc(C)cc1Br. The number of aryl methyl sites for hydroxylation is 1. The molecule has 0 heterocycles. The zero-order valence-corrected chi connectivity index (χ0v) is 15.6. The van der Waals surface area contributed by atoms with Crippen molar-refractivity contribution in [2.45, 2.75) is 20.0 Å². The van der Waals surface area contributed by atoms with Crippen molar-refractivity contribution >= 4 is 33.8 Å². The molecule has 1 atom stereocenters. The lowest BCUT2D eigenvalue weighted by Gasteiger charge is -2.24. The molecule has 24 heavy (non-hydrogen) atoms. The van der Waals surface area contributed by atoms with Gasteiger partial charge in [-0.15, -0.1) is 0 Å². The number of methoxy groups -OCH3 is 2. The van der Waals surface area contributed by atoms with E-state index in [4.69, 9.17) is 4.74 Å². The van der Waals surface area contributed by atoms with Crippen LogP contribution >= 0.6 is 15.9 Å². The Morgan fingerprint density at radius 3 is 2.12 bits per heavy atom. The van der Waals surface area contributed by atoms with Crippen molar-refractivity contribution in [3.8, 4) is 5.75 Å². The predicted molar refractivity (Wildman–Crippen MR) is 89.6 cm³/mol. The molecule has 0 aliphatic carbocycles. The molecule has 7 nitrogen and oxygen atoms in total. The average Bonchev–Trinajstić information content (AvgIpc) is 2.55. The summed E-state index contributed by atoms with van der Waals surface area (Å²) in [6.07, 6.45) is -0.904. The van der Waals surface area contributed by atoms with Gasteiger partial charge in [0.05, 0.1) is 18.7 Å². The van der Waals surface area contributed by atoms with Crippen molar-refractivity contribution in [3.63, 3.8) is 0 Å². The van der Waals surface area contributed by atoms with E-state index in [0.29, 0.717) is 10.2 Å². The first-order valence-electron chi connectivity index (χ1n) is 7.13. The highest BCUT2D eigenvalue weighted by atomic mass is 79.9. The summed E-state index contributed by atoms with van der Waals surface area (Å²) in [5, 5.41) is 0. The van der Waals surface area contributed by atoms with Gasteiger partial charge in [0.25, 0.3) is 5.91 Å². The van der Waals surface area contributed by atoms with Gasteiger partial charge in [-0.2, -0.15) is 0 Å². The van der Waals surface area contributed by atoms with Gasteiger partial charge < -0.3 is 19.1 Å². The van der Waals surface area contributed by atoms with Gasteiger partial charge in [-0.1, -0.05) is 6.07 Å². The van der Waals surface area contributed by atoms with Crippen molar-refractivity contribution in [1.29, 1.82) is 0 Å². The second-order valence-corrected chi connectivity index (χ2v) is 5.89. The summed E-state index contributed by atoms with van der Waals surface area (Å²) >= 11 is 3.37. The van der Waals surface area contributed by atoms with Crippen LogP contribution in [0.4, 0.5) is 0 Å². The number of carbonyl (C=O) groups is 3. The van der Waals surface area contributed by atoms with Crippen molar-refractivity contribution in [2.75, 3.05) is 27.3 Å². The molecule has 132 valence electrons. The molecule has 1 aromatic carbocycles. The third-order valence-electron chi connectivity index (χ3n) is 3.15. The first kappa shape index (κ1) is 20.0. The molecule has 0 fully saturated rings. The average molecular weight is 402 g/mol. The van der Waals surface area contributed by atoms with E-state index < -0.39 is 23.9 Å². The maximum absolute atomic E-state index is 12.5. The predicted octanol–water partition coefficient (Wildman–Crippen LogP) is 1.70. The van der Waals surface area contributed by atoms with E-state index in [2.05, 4.69) is 25.4 Å². The van der Waals surface area contributed by atoms with E-state index in [0.717, 1.165) is 10.5 Å². The molecule has 1 unspecified atom stereocenters.